The van der Waals surface area contributed by atoms with Crippen LogP contribution >= 0.6 is 11.6 Å². The van der Waals surface area contributed by atoms with E-state index in [2.05, 4.69) is 5.32 Å². The minimum atomic E-state index is -0.590. The molecule has 5 heteroatoms. The monoisotopic (exact) mass is 305 g/mol. The van der Waals surface area contributed by atoms with E-state index in [1.165, 1.54) is 7.11 Å². The van der Waals surface area contributed by atoms with Crippen molar-refractivity contribution in [2.45, 2.75) is 13.8 Å². The molecule has 0 aliphatic carbocycles. The lowest BCUT2D eigenvalue weighted by Crippen LogP contribution is -2.18. The lowest BCUT2D eigenvalue weighted by Gasteiger charge is -2.13. The first-order valence-electron chi connectivity index (χ1n) is 6.40. The van der Waals surface area contributed by atoms with Crippen molar-refractivity contribution in [3.8, 4) is 11.5 Å². The number of carbonyl (C=O) groups excluding carboxylic acids is 1. The van der Waals surface area contributed by atoms with Crippen LogP contribution in [0.5, 0.6) is 11.5 Å². The first kappa shape index (κ1) is 15.2. The van der Waals surface area contributed by atoms with Crippen LogP contribution in [0.4, 0.5) is 10.5 Å². The second kappa shape index (κ2) is 6.50. The Kier molecular flexibility index (Phi) is 4.70. The molecule has 0 fully saturated rings. The molecule has 1 amide bonds. The first-order valence-corrected chi connectivity index (χ1v) is 6.77. The lowest BCUT2D eigenvalue weighted by atomic mass is 10.1. The molecule has 2 rings (SSSR count). The van der Waals surface area contributed by atoms with Crippen LogP contribution in [0.3, 0.4) is 0 Å². The van der Waals surface area contributed by atoms with Gasteiger partial charge in [0.15, 0.2) is 0 Å². The summed E-state index contributed by atoms with van der Waals surface area (Å²) in [6.07, 6.45) is -0.590. The summed E-state index contributed by atoms with van der Waals surface area (Å²) >= 11 is 5.92. The number of rotatable bonds is 3. The number of methoxy groups -OCH3 is 1. The van der Waals surface area contributed by atoms with Gasteiger partial charge in [-0.2, -0.15) is 0 Å². The normalized spacial score (nSPS) is 10.1. The SMILES string of the molecule is COc1ccc(Cl)cc1NC(=O)Oc1c(C)cccc1C. The Bertz CT molecular complexity index is 650. The second-order valence-corrected chi connectivity index (χ2v) is 5.02. The number of para-hydroxylation sites is 1. The fraction of sp³-hybridized carbons (Fsp3) is 0.188. The summed E-state index contributed by atoms with van der Waals surface area (Å²) in [5, 5.41) is 3.13. The van der Waals surface area contributed by atoms with E-state index in [4.69, 9.17) is 21.1 Å². The summed E-state index contributed by atoms with van der Waals surface area (Å²) in [7, 11) is 1.52. The molecule has 0 heterocycles. The van der Waals surface area contributed by atoms with Gasteiger partial charge in [-0.3, -0.25) is 5.32 Å². The number of hydrogen-bond acceptors (Lipinski definition) is 3. The molecule has 0 saturated carbocycles. The summed E-state index contributed by atoms with van der Waals surface area (Å²) in [6, 6.07) is 10.6. The highest BCUT2D eigenvalue weighted by atomic mass is 35.5. The highest BCUT2D eigenvalue weighted by Gasteiger charge is 2.12. The molecular weight excluding hydrogens is 290 g/mol. The van der Waals surface area contributed by atoms with Crippen LogP contribution in [0, 0.1) is 13.8 Å². The fourth-order valence-electron chi connectivity index (χ4n) is 1.97. The first-order chi connectivity index (χ1) is 10.0. The number of ether oxygens (including phenoxy) is 2. The van der Waals surface area contributed by atoms with Crippen molar-refractivity contribution in [1.29, 1.82) is 0 Å². The number of benzene rings is 2. The minimum absolute atomic E-state index is 0.459. The third-order valence-corrected chi connectivity index (χ3v) is 3.24. The number of halogens is 1. The number of carbonyl (C=O) groups is 1. The van der Waals surface area contributed by atoms with Crippen molar-refractivity contribution >= 4 is 23.4 Å². The molecule has 21 heavy (non-hydrogen) atoms. The Morgan fingerprint density at radius 1 is 1.14 bits per heavy atom. The Balaban J connectivity index is 2.17. The standard InChI is InChI=1S/C16H16ClNO3/c1-10-5-4-6-11(2)15(10)21-16(19)18-13-9-12(17)7-8-14(13)20-3/h4-9H,1-3H3,(H,18,19). The molecule has 0 radical (unpaired) electrons. The van der Waals surface area contributed by atoms with Crippen LogP contribution in [-0.4, -0.2) is 13.2 Å². The highest BCUT2D eigenvalue weighted by molar-refractivity contribution is 6.31. The Morgan fingerprint density at radius 3 is 2.43 bits per heavy atom. The van der Waals surface area contributed by atoms with Gasteiger partial charge in [0, 0.05) is 5.02 Å². The van der Waals surface area contributed by atoms with Crippen molar-refractivity contribution in [3.05, 3.63) is 52.5 Å². The topological polar surface area (TPSA) is 47.6 Å². The molecule has 4 nitrogen and oxygen atoms in total. The van der Waals surface area contributed by atoms with Crippen LogP contribution in [0.25, 0.3) is 0 Å². The summed E-state index contributed by atoms with van der Waals surface area (Å²) < 4.78 is 10.5. The molecule has 2 aromatic carbocycles. The van der Waals surface area contributed by atoms with Gasteiger partial charge in [0.2, 0.25) is 0 Å². The number of aryl methyl sites for hydroxylation is 2. The molecule has 110 valence electrons. The molecule has 0 bridgehead atoms. The second-order valence-electron chi connectivity index (χ2n) is 4.58. The van der Waals surface area contributed by atoms with Gasteiger partial charge in [-0.1, -0.05) is 29.8 Å². The fourth-order valence-corrected chi connectivity index (χ4v) is 2.14. The van der Waals surface area contributed by atoms with E-state index in [0.717, 1.165) is 11.1 Å². The average Bonchev–Trinajstić information content (AvgIpc) is 2.43. The van der Waals surface area contributed by atoms with Gasteiger partial charge in [-0.05, 0) is 43.2 Å². The Morgan fingerprint density at radius 2 is 1.81 bits per heavy atom. The number of amides is 1. The average molecular weight is 306 g/mol. The van der Waals surface area contributed by atoms with Gasteiger partial charge in [0.25, 0.3) is 0 Å². The molecule has 0 atom stereocenters. The molecule has 0 unspecified atom stereocenters. The van der Waals surface area contributed by atoms with E-state index in [-0.39, 0.29) is 0 Å². The van der Waals surface area contributed by atoms with Gasteiger partial charge in [0.05, 0.1) is 12.8 Å². The minimum Gasteiger partial charge on any atom is -0.495 e. The van der Waals surface area contributed by atoms with Crippen molar-refractivity contribution in [1.82, 2.24) is 0 Å². The van der Waals surface area contributed by atoms with Gasteiger partial charge < -0.3 is 9.47 Å². The van der Waals surface area contributed by atoms with E-state index in [1.807, 2.05) is 32.0 Å². The van der Waals surface area contributed by atoms with Crippen LogP contribution in [0.15, 0.2) is 36.4 Å². The molecule has 1 N–H and O–H groups in total. The van der Waals surface area contributed by atoms with Gasteiger partial charge in [-0.15, -0.1) is 0 Å². The highest BCUT2D eigenvalue weighted by Crippen LogP contribution is 2.28. The zero-order valence-corrected chi connectivity index (χ0v) is 12.8. The van der Waals surface area contributed by atoms with E-state index < -0.39 is 6.09 Å². The molecule has 0 aromatic heterocycles. The van der Waals surface area contributed by atoms with Crippen molar-refractivity contribution in [3.63, 3.8) is 0 Å². The molecule has 0 saturated heterocycles. The predicted molar refractivity (Wildman–Crippen MR) is 83.6 cm³/mol. The summed E-state index contributed by atoms with van der Waals surface area (Å²) in [6.45, 7) is 3.77. The van der Waals surface area contributed by atoms with E-state index in [1.54, 1.807) is 18.2 Å². The largest absolute Gasteiger partial charge is 0.495 e. The Hall–Kier alpha value is -2.20. The van der Waals surface area contributed by atoms with Crippen LogP contribution < -0.4 is 14.8 Å². The van der Waals surface area contributed by atoms with Crippen LogP contribution in [0.1, 0.15) is 11.1 Å². The van der Waals surface area contributed by atoms with E-state index in [0.29, 0.717) is 22.2 Å². The smallest absolute Gasteiger partial charge is 0.417 e. The number of nitrogens with one attached hydrogen (secondary N) is 1. The van der Waals surface area contributed by atoms with Gasteiger partial charge in [0.1, 0.15) is 11.5 Å². The van der Waals surface area contributed by atoms with Gasteiger partial charge >= 0.3 is 6.09 Å². The van der Waals surface area contributed by atoms with E-state index in [9.17, 15) is 4.79 Å². The maximum atomic E-state index is 12.0. The van der Waals surface area contributed by atoms with Crippen LogP contribution in [0.2, 0.25) is 5.02 Å². The third kappa shape index (κ3) is 3.67. The maximum Gasteiger partial charge on any atom is 0.417 e. The van der Waals surface area contributed by atoms with Crippen LogP contribution in [-0.2, 0) is 0 Å². The summed E-state index contributed by atoms with van der Waals surface area (Å²) in [5.41, 5.74) is 2.24. The zero-order chi connectivity index (χ0) is 15.4. The van der Waals surface area contributed by atoms with Crippen molar-refractivity contribution < 1.29 is 14.3 Å². The van der Waals surface area contributed by atoms with Crippen molar-refractivity contribution in [2.24, 2.45) is 0 Å². The third-order valence-electron chi connectivity index (χ3n) is 3.00. The molecule has 0 aliphatic rings. The van der Waals surface area contributed by atoms with Crippen molar-refractivity contribution in [2.75, 3.05) is 12.4 Å². The van der Waals surface area contributed by atoms with Gasteiger partial charge in [-0.25, -0.2) is 4.79 Å². The zero-order valence-electron chi connectivity index (χ0n) is 12.1. The molecular formula is C16H16ClNO3. The van der Waals surface area contributed by atoms with E-state index >= 15 is 0 Å². The predicted octanol–water partition coefficient (Wildman–Crippen LogP) is 4.58. The summed E-state index contributed by atoms with van der Waals surface area (Å²) in [5.74, 6) is 1.06. The lowest BCUT2D eigenvalue weighted by molar-refractivity contribution is 0.214. The molecule has 2 aromatic rings. The quantitative estimate of drug-likeness (QED) is 0.903. The molecule has 0 aliphatic heterocycles. The molecule has 0 spiro atoms. The Labute approximate surface area is 128 Å². The number of hydrogen-bond donors (Lipinski definition) is 1. The number of anilines is 1. The maximum absolute atomic E-state index is 12.0. The summed E-state index contributed by atoms with van der Waals surface area (Å²) in [4.78, 5) is 12.0.